The molecular weight excluding hydrogens is 384 g/mol. The highest BCUT2D eigenvalue weighted by Gasteiger charge is 2.60. The van der Waals surface area contributed by atoms with Crippen LogP contribution in [-0.2, 0) is 14.3 Å². The average molecular weight is 406 g/mol. The van der Waals surface area contributed by atoms with Crippen molar-refractivity contribution in [1.29, 1.82) is 0 Å². The van der Waals surface area contributed by atoms with Gasteiger partial charge in [-0.25, -0.2) is 4.79 Å². The van der Waals surface area contributed by atoms with Crippen LogP contribution in [0.25, 0.3) is 0 Å². The van der Waals surface area contributed by atoms with E-state index in [1.807, 2.05) is 26.0 Å². The third kappa shape index (κ3) is 2.81. The van der Waals surface area contributed by atoms with Crippen LogP contribution < -0.4 is 4.90 Å². The normalized spacial score (nSPS) is 20.1. The van der Waals surface area contributed by atoms with Gasteiger partial charge in [0.25, 0.3) is 5.91 Å². The number of aryl methyl sites for hydroxylation is 2. The molecule has 154 valence electrons. The second-order valence-electron chi connectivity index (χ2n) is 7.74. The van der Waals surface area contributed by atoms with E-state index in [9.17, 15) is 19.2 Å². The fourth-order valence-electron chi connectivity index (χ4n) is 4.25. The molecule has 1 fully saturated rings. The Balaban J connectivity index is 1.64. The van der Waals surface area contributed by atoms with E-state index in [0.29, 0.717) is 16.8 Å². The average Bonchev–Trinajstić information content (AvgIpc) is 3.10. The highest BCUT2D eigenvalue weighted by Crippen LogP contribution is 2.44. The zero-order chi connectivity index (χ0) is 21.6. The Bertz CT molecular complexity index is 1090. The van der Waals surface area contributed by atoms with Gasteiger partial charge in [0.15, 0.2) is 6.61 Å². The monoisotopic (exact) mass is 406 g/mol. The van der Waals surface area contributed by atoms with Crippen molar-refractivity contribution in [3.8, 4) is 0 Å². The highest BCUT2D eigenvalue weighted by atomic mass is 16.5. The topological polar surface area (TPSA) is 84.0 Å². The number of Topliss-reactive ketones (excluding diaryl/α,β-unsaturated/α-hetero) is 1. The summed E-state index contributed by atoms with van der Waals surface area (Å²) in [6.07, 6.45) is 0.213. The van der Waals surface area contributed by atoms with Crippen LogP contribution in [0.4, 0.5) is 5.69 Å². The summed E-state index contributed by atoms with van der Waals surface area (Å²) in [6.45, 7) is 3.23. The number of amides is 2. The summed E-state index contributed by atoms with van der Waals surface area (Å²) >= 11 is 0. The van der Waals surface area contributed by atoms with Crippen LogP contribution in [0.5, 0.6) is 0 Å². The molecule has 2 aliphatic heterocycles. The summed E-state index contributed by atoms with van der Waals surface area (Å²) in [7, 11) is 1.48. The molecular formula is C23H22N2O5. The summed E-state index contributed by atoms with van der Waals surface area (Å²) in [5, 5.41) is 0. The first kappa shape index (κ1) is 19.8. The number of esters is 1. The maximum atomic E-state index is 13.2. The summed E-state index contributed by atoms with van der Waals surface area (Å²) in [4.78, 5) is 54.1. The molecule has 2 heterocycles. The smallest absolute Gasteiger partial charge is 0.354 e. The number of fused-ring (bicyclic) bond motifs is 3. The molecule has 0 aliphatic carbocycles. The minimum atomic E-state index is -1.58. The molecule has 0 aromatic heterocycles. The first-order valence-electron chi connectivity index (χ1n) is 9.75. The van der Waals surface area contributed by atoms with E-state index in [1.165, 1.54) is 16.8 Å². The van der Waals surface area contributed by atoms with Gasteiger partial charge >= 0.3 is 5.97 Å². The summed E-state index contributed by atoms with van der Waals surface area (Å²) < 4.78 is 5.40. The minimum Gasteiger partial charge on any atom is -0.454 e. The van der Waals surface area contributed by atoms with Crippen LogP contribution in [0.3, 0.4) is 0 Å². The first-order chi connectivity index (χ1) is 14.3. The van der Waals surface area contributed by atoms with Crippen molar-refractivity contribution in [3.63, 3.8) is 0 Å². The number of hydrogen-bond donors (Lipinski definition) is 0. The zero-order valence-corrected chi connectivity index (χ0v) is 17.1. The maximum Gasteiger partial charge on any atom is 0.354 e. The predicted molar refractivity (Wildman–Crippen MR) is 109 cm³/mol. The van der Waals surface area contributed by atoms with Gasteiger partial charge in [-0.3, -0.25) is 19.3 Å². The van der Waals surface area contributed by atoms with Gasteiger partial charge in [-0.05, 0) is 37.6 Å². The van der Waals surface area contributed by atoms with Gasteiger partial charge in [-0.1, -0.05) is 29.8 Å². The third-order valence-corrected chi connectivity index (χ3v) is 5.90. The fraction of sp³-hybridized carbons (Fsp3) is 0.304. The number of rotatable bonds is 4. The number of anilines is 1. The largest absolute Gasteiger partial charge is 0.454 e. The Hall–Kier alpha value is -3.48. The predicted octanol–water partition coefficient (Wildman–Crippen LogP) is 2.64. The number of benzene rings is 2. The number of ether oxygens (including phenoxy) is 1. The highest BCUT2D eigenvalue weighted by molar-refractivity contribution is 6.15. The first-order valence-corrected chi connectivity index (χ1v) is 9.75. The third-order valence-electron chi connectivity index (χ3n) is 5.90. The van der Waals surface area contributed by atoms with E-state index < -0.39 is 18.2 Å². The number of nitrogens with zero attached hydrogens (tertiary/aromatic N) is 2. The molecule has 1 saturated heterocycles. The lowest BCUT2D eigenvalue weighted by Crippen LogP contribution is -2.67. The molecule has 2 aromatic rings. The number of para-hydroxylation sites is 1. The number of ketones is 1. The molecule has 0 unspecified atom stereocenters. The number of hydrogen-bond acceptors (Lipinski definition) is 5. The van der Waals surface area contributed by atoms with Gasteiger partial charge < -0.3 is 9.64 Å². The number of carbonyl (C=O) groups excluding carboxylic acids is 4. The molecule has 0 N–H and O–H groups in total. The van der Waals surface area contributed by atoms with Crippen LogP contribution in [-0.4, -0.2) is 47.8 Å². The van der Waals surface area contributed by atoms with E-state index >= 15 is 0 Å². The van der Waals surface area contributed by atoms with Crippen LogP contribution >= 0.6 is 0 Å². The van der Waals surface area contributed by atoms with E-state index in [-0.39, 0.29) is 30.4 Å². The minimum absolute atomic E-state index is 0.103. The van der Waals surface area contributed by atoms with Crippen LogP contribution in [0, 0.1) is 13.8 Å². The van der Waals surface area contributed by atoms with Crippen LogP contribution in [0.15, 0.2) is 42.5 Å². The Morgan fingerprint density at radius 1 is 1.10 bits per heavy atom. The molecule has 2 amide bonds. The lowest BCUT2D eigenvalue weighted by molar-refractivity contribution is -0.155. The molecule has 7 nitrogen and oxygen atoms in total. The summed E-state index contributed by atoms with van der Waals surface area (Å²) in [5.74, 6) is -1.74. The van der Waals surface area contributed by atoms with Crippen molar-refractivity contribution in [2.45, 2.75) is 32.4 Å². The molecule has 0 saturated carbocycles. The molecule has 4 rings (SSSR count). The Morgan fingerprint density at radius 2 is 1.83 bits per heavy atom. The Morgan fingerprint density at radius 3 is 2.60 bits per heavy atom. The summed E-state index contributed by atoms with van der Waals surface area (Å²) in [6, 6.07) is 12.2. The molecule has 30 heavy (non-hydrogen) atoms. The molecule has 0 spiro atoms. The van der Waals surface area contributed by atoms with E-state index in [4.69, 9.17) is 4.74 Å². The molecule has 2 aromatic carbocycles. The zero-order valence-electron chi connectivity index (χ0n) is 17.1. The Labute approximate surface area is 174 Å². The van der Waals surface area contributed by atoms with Crippen LogP contribution in [0.2, 0.25) is 0 Å². The molecule has 7 heteroatoms. The van der Waals surface area contributed by atoms with E-state index in [2.05, 4.69) is 0 Å². The standard InChI is InChI=1S/C23H22N2O5/c1-14-8-9-15(2)17(12-14)19(26)13-30-22(29)23-11-10-20(27)25(23)18-7-5-4-6-16(18)21(28)24(23)3/h4-9,12H,10-11,13H2,1-3H3/t23-/m1/s1. The molecule has 2 aliphatic rings. The molecule has 0 radical (unpaired) electrons. The van der Waals surface area contributed by atoms with E-state index in [0.717, 1.165) is 11.1 Å². The SMILES string of the molecule is Cc1ccc(C)c(C(=O)COC(=O)[C@@]23CCC(=O)N2c2ccccc2C(=O)N3C)c1. The van der Waals surface area contributed by atoms with Gasteiger partial charge in [0.2, 0.25) is 17.4 Å². The van der Waals surface area contributed by atoms with Gasteiger partial charge in [0.1, 0.15) is 0 Å². The number of likely N-dealkylation sites (N-methyl/N-ethyl adjacent to an activating group) is 1. The van der Waals surface area contributed by atoms with Gasteiger partial charge in [-0.2, -0.15) is 0 Å². The van der Waals surface area contributed by atoms with Crippen molar-refractivity contribution in [2.75, 3.05) is 18.6 Å². The second-order valence-corrected chi connectivity index (χ2v) is 7.74. The molecule has 1 atom stereocenters. The van der Waals surface area contributed by atoms with E-state index in [1.54, 1.807) is 30.3 Å². The Kier molecular flexibility index (Phi) is 4.68. The maximum absolute atomic E-state index is 13.2. The fourth-order valence-corrected chi connectivity index (χ4v) is 4.25. The quantitative estimate of drug-likeness (QED) is 0.576. The summed E-state index contributed by atoms with van der Waals surface area (Å²) in [5.41, 5.74) is 1.36. The second kappa shape index (κ2) is 7.09. The van der Waals surface area contributed by atoms with Gasteiger partial charge in [0.05, 0.1) is 11.3 Å². The lowest BCUT2D eigenvalue weighted by atomic mass is 9.97. The van der Waals surface area contributed by atoms with Crippen molar-refractivity contribution in [3.05, 3.63) is 64.7 Å². The van der Waals surface area contributed by atoms with Crippen molar-refractivity contribution < 1.29 is 23.9 Å². The lowest BCUT2D eigenvalue weighted by Gasteiger charge is -2.46. The van der Waals surface area contributed by atoms with Crippen molar-refractivity contribution in [2.24, 2.45) is 0 Å². The van der Waals surface area contributed by atoms with Crippen molar-refractivity contribution in [1.82, 2.24) is 4.90 Å². The van der Waals surface area contributed by atoms with Crippen molar-refractivity contribution >= 4 is 29.3 Å². The van der Waals surface area contributed by atoms with Crippen LogP contribution in [0.1, 0.15) is 44.7 Å². The number of carbonyl (C=O) groups is 4. The van der Waals surface area contributed by atoms with Gasteiger partial charge in [-0.15, -0.1) is 0 Å². The van der Waals surface area contributed by atoms with Gasteiger partial charge in [0, 0.05) is 25.5 Å². The molecule has 0 bridgehead atoms.